The molecule has 1 aromatic rings. The number of ether oxygens (including phenoxy) is 1. The lowest BCUT2D eigenvalue weighted by Crippen LogP contribution is -2.28. The summed E-state index contributed by atoms with van der Waals surface area (Å²) in [6.45, 7) is 3.30. The molecule has 0 fully saturated rings. The lowest BCUT2D eigenvalue weighted by atomic mass is 10.1. The maximum absolute atomic E-state index is 11.0. The average Bonchev–Trinajstić information content (AvgIpc) is 2.14. The summed E-state index contributed by atoms with van der Waals surface area (Å²) in [6.07, 6.45) is 2.83. The van der Waals surface area contributed by atoms with Gasteiger partial charge >= 0.3 is 0 Å². The van der Waals surface area contributed by atoms with Crippen LogP contribution >= 0.6 is 0 Å². The highest BCUT2D eigenvalue weighted by atomic mass is 16.5. The number of aromatic nitrogens is 1. The van der Waals surface area contributed by atoms with E-state index in [0.717, 1.165) is 0 Å². The van der Waals surface area contributed by atoms with E-state index in [-0.39, 0.29) is 12.2 Å². The van der Waals surface area contributed by atoms with E-state index >= 15 is 0 Å². The zero-order valence-electron chi connectivity index (χ0n) is 8.73. The molecule has 82 valence electrons. The Morgan fingerprint density at radius 3 is 2.87 bits per heavy atom. The monoisotopic (exact) mass is 210 g/mol. The van der Waals surface area contributed by atoms with Crippen molar-refractivity contribution in [3.05, 3.63) is 24.0 Å². The fourth-order valence-corrected chi connectivity index (χ4v) is 0.947. The van der Waals surface area contributed by atoms with E-state index in [1.54, 1.807) is 13.8 Å². The normalized spacial score (nSPS) is 11.1. The van der Waals surface area contributed by atoms with Crippen molar-refractivity contribution in [2.45, 2.75) is 19.4 Å². The molecule has 1 heterocycles. The molecule has 1 aromatic heterocycles. The number of rotatable bonds is 4. The fourth-order valence-electron chi connectivity index (χ4n) is 0.947. The van der Waals surface area contributed by atoms with Gasteiger partial charge in [0, 0.05) is 12.4 Å². The Labute approximate surface area is 87.9 Å². The molecule has 1 rings (SSSR count). The van der Waals surface area contributed by atoms with Gasteiger partial charge in [-0.15, -0.1) is 0 Å². The molecule has 0 aliphatic rings. The standard InChI is InChI=1S/C10H14N2O3/c1-10(2,14)6-15-8-3-4-12-5-7(8)9(11)13/h3-5,14H,6H2,1-2H3,(H2,11,13). The third-order valence-corrected chi connectivity index (χ3v) is 1.63. The molecule has 0 atom stereocenters. The van der Waals surface area contributed by atoms with Gasteiger partial charge in [-0.25, -0.2) is 0 Å². The number of pyridine rings is 1. The Hall–Kier alpha value is -1.62. The molecule has 0 aromatic carbocycles. The van der Waals surface area contributed by atoms with Crippen LogP contribution in [0.25, 0.3) is 0 Å². The highest BCUT2D eigenvalue weighted by Gasteiger charge is 2.16. The smallest absolute Gasteiger partial charge is 0.254 e. The second-order valence-corrected chi connectivity index (χ2v) is 3.84. The SMILES string of the molecule is CC(C)(O)COc1ccncc1C(N)=O. The number of carbonyl (C=O) groups is 1. The van der Waals surface area contributed by atoms with Gasteiger partial charge in [0.05, 0.1) is 11.2 Å². The maximum Gasteiger partial charge on any atom is 0.254 e. The summed E-state index contributed by atoms with van der Waals surface area (Å²) in [5.74, 6) is -0.270. The van der Waals surface area contributed by atoms with Crippen LogP contribution in [-0.4, -0.2) is 28.2 Å². The second-order valence-electron chi connectivity index (χ2n) is 3.84. The number of carbonyl (C=O) groups excluding carboxylic acids is 1. The van der Waals surface area contributed by atoms with Crippen LogP contribution in [-0.2, 0) is 0 Å². The summed E-state index contributed by atoms with van der Waals surface area (Å²) in [6, 6.07) is 1.53. The Bertz CT molecular complexity index is 358. The predicted octanol–water partition coefficient (Wildman–Crippen LogP) is 0.330. The minimum absolute atomic E-state index is 0.0806. The summed E-state index contributed by atoms with van der Waals surface area (Å²) in [4.78, 5) is 14.8. The molecule has 0 aliphatic heterocycles. The molecule has 0 bridgehead atoms. The van der Waals surface area contributed by atoms with Crippen molar-refractivity contribution < 1.29 is 14.6 Å². The van der Waals surface area contributed by atoms with Gasteiger partial charge in [-0.05, 0) is 19.9 Å². The van der Waals surface area contributed by atoms with Crippen molar-refractivity contribution in [2.24, 2.45) is 5.73 Å². The van der Waals surface area contributed by atoms with Crippen LogP contribution in [0.3, 0.4) is 0 Å². The average molecular weight is 210 g/mol. The first kappa shape index (κ1) is 11.5. The van der Waals surface area contributed by atoms with Crippen molar-refractivity contribution >= 4 is 5.91 Å². The molecular formula is C10H14N2O3. The van der Waals surface area contributed by atoms with Crippen molar-refractivity contribution in [2.75, 3.05) is 6.61 Å². The van der Waals surface area contributed by atoms with Gasteiger partial charge in [0.2, 0.25) is 0 Å². The molecule has 15 heavy (non-hydrogen) atoms. The molecule has 0 spiro atoms. The molecule has 0 saturated carbocycles. The molecule has 3 N–H and O–H groups in total. The maximum atomic E-state index is 11.0. The molecule has 5 nitrogen and oxygen atoms in total. The zero-order chi connectivity index (χ0) is 11.5. The number of nitrogens with two attached hydrogens (primary N) is 1. The summed E-state index contributed by atoms with van der Waals surface area (Å²) >= 11 is 0. The summed E-state index contributed by atoms with van der Waals surface area (Å²) in [5.41, 5.74) is 4.38. The highest BCUT2D eigenvalue weighted by Crippen LogP contribution is 2.17. The summed E-state index contributed by atoms with van der Waals surface area (Å²) in [5, 5.41) is 9.45. The molecule has 0 unspecified atom stereocenters. The molecular weight excluding hydrogens is 196 g/mol. The van der Waals surface area contributed by atoms with Crippen molar-refractivity contribution in [3.8, 4) is 5.75 Å². The molecule has 0 radical (unpaired) electrons. The van der Waals surface area contributed by atoms with Crippen LogP contribution in [0.5, 0.6) is 5.75 Å². The van der Waals surface area contributed by atoms with Gasteiger partial charge in [0.15, 0.2) is 0 Å². The Balaban J connectivity index is 2.81. The number of nitrogens with zero attached hydrogens (tertiary/aromatic N) is 1. The Kier molecular flexibility index (Phi) is 3.26. The lowest BCUT2D eigenvalue weighted by Gasteiger charge is -2.18. The van der Waals surface area contributed by atoms with E-state index in [1.165, 1.54) is 18.5 Å². The van der Waals surface area contributed by atoms with Crippen LogP contribution < -0.4 is 10.5 Å². The van der Waals surface area contributed by atoms with E-state index < -0.39 is 11.5 Å². The third kappa shape index (κ3) is 3.55. The Morgan fingerprint density at radius 2 is 2.33 bits per heavy atom. The van der Waals surface area contributed by atoms with E-state index in [4.69, 9.17) is 10.5 Å². The van der Waals surface area contributed by atoms with Gasteiger partial charge < -0.3 is 15.6 Å². The number of aliphatic hydroxyl groups is 1. The van der Waals surface area contributed by atoms with Gasteiger partial charge in [-0.1, -0.05) is 0 Å². The topological polar surface area (TPSA) is 85.4 Å². The van der Waals surface area contributed by atoms with Crippen molar-refractivity contribution in [3.63, 3.8) is 0 Å². The van der Waals surface area contributed by atoms with Crippen LogP contribution in [0, 0.1) is 0 Å². The molecule has 0 saturated heterocycles. The van der Waals surface area contributed by atoms with Gasteiger partial charge in [0.25, 0.3) is 5.91 Å². The van der Waals surface area contributed by atoms with Crippen molar-refractivity contribution in [1.82, 2.24) is 4.98 Å². The number of hydrogen-bond acceptors (Lipinski definition) is 4. The number of hydrogen-bond donors (Lipinski definition) is 2. The Morgan fingerprint density at radius 1 is 1.67 bits per heavy atom. The van der Waals surface area contributed by atoms with Crippen LogP contribution in [0.4, 0.5) is 0 Å². The third-order valence-electron chi connectivity index (χ3n) is 1.63. The largest absolute Gasteiger partial charge is 0.490 e. The molecule has 1 amide bonds. The van der Waals surface area contributed by atoms with E-state index in [0.29, 0.717) is 5.75 Å². The fraction of sp³-hybridized carbons (Fsp3) is 0.400. The number of primary amides is 1. The summed E-state index contributed by atoms with van der Waals surface area (Å²) in [7, 11) is 0. The zero-order valence-corrected chi connectivity index (χ0v) is 8.73. The van der Waals surface area contributed by atoms with E-state index in [9.17, 15) is 9.90 Å². The predicted molar refractivity (Wildman–Crippen MR) is 54.5 cm³/mol. The lowest BCUT2D eigenvalue weighted by molar-refractivity contribution is 0.0280. The van der Waals surface area contributed by atoms with Crippen LogP contribution in [0.2, 0.25) is 0 Å². The van der Waals surface area contributed by atoms with Gasteiger partial charge in [-0.2, -0.15) is 0 Å². The van der Waals surface area contributed by atoms with Gasteiger partial charge in [-0.3, -0.25) is 9.78 Å². The minimum Gasteiger partial charge on any atom is -0.490 e. The quantitative estimate of drug-likeness (QED) is 0.749. The van der Waals surface area contributed by atoms with Crippen molar-refractivity contribution in [1.29, 1.82) is 0 Å². The first-order valence-corrected chi connectivity index (χ1v) is 4.49. The van der Waals surface area contributed by atoms with Crippen LogP contribution in [0.15, 0.2) is 18.5 Å². The minimum atomic E-state index is -0.960. The first-order chi connectivity index (χ1) is 6.90. The highest BCUT2D eigenvalue weighted by molar-refractivity contribution is 5.95. The van der Waals surface area contributed by atoms with Gasteiger partial charge in [0.1, 0.15) is 12.4 Å². The second kappa shape index (κ2) is 4.27. The van der Waals surface area contributed by atoms with E-state index in [2.05, 4.69) is 4.98 Å². The van der Waals surface area contributed by atoms with E-state index in [1.807, 2.05) is 0 Å². The number of amides is 1. The molecule has 5 heteroatoms. The summed E-state index contributed by atoms with van der Waals surface area (Å²) < 4.78 is 5.27. The molecule has 0 aliphatic carbocycles. The first-order valence-electron chi connectivity index (χ1n) is 4.49. The van der Waals surface area contributed by atoms with Crippen LogP contribution in [0.1, 0.15) is 24.2 Å².